The Hall–Kier alpha value is -2.63. The molecule has 0 atom stereocenters. The third-order valence-electron chi connectivity index (χ3n) is 2.81. The Morgan fingerprint density at radius 2 is 2.26 bits per heavy atom. The Morgan fingerprint density at radius 1 is 1.37 bits per heavy atom. The molecule has 96 valence electrons. The normalized spacial score (nSPS) is 10.7. The lowest BCUT2D eigenvalue weighted by Gasteiger charge is -2.01. The predicted molar refractivity (Wildman–Crippen MR) is 68.1 cm³/mol. The fourth-order valence-corrected chi connectivity index (χ4v) is 1.86. The average Bonchev–Trinajstić information content (AvgIpc) is 3.07. The molecule has 2 aromatic heterocycles. The van der Waals surface area contributed by atoms with Crippen LogP contribution in [0.1, 0.15) is 11.4 Å². The number of aromatic amines is 1. The van der Waals surface area contributed by atoms with Gasteiger partial charge in [-0.05, 0) is 12.1 Å². The number of nitrogens with zero attached hydrogens (tertiary/aromatic N) is 2. The summed E-state index contributed by atoms with van der Waals surface area (Å²) in [6, 6.07) is 7.48. The molecule has 3 rings (SSSR count). The lowest BCUT2D eigenvalue weighted by Crippen LogP contribution is -2.24. The summed E-state index contributed by atoms with van der Waals surface area (Å²) in [5.41, 5.74) is 2.20. The van der Waals surface area contributed by atoms with Crippen LogP contribution in [0.3, 0.4) is 0 Å². The first-order valence-electron chi connectivity index (χ1n) is 5.90. The van der Waals surface area contributed by atoms with E-state index in [0.29, 0.717) is 17.8 Å². The number of hydrogen-bond acceptors (Lipinski definition) is 4. The number of H-pyrrole nitrogens is 1. The first-order chi connectivity index (χ1) is 9.33. The van der Waals surface area contributed by atoms with Crippen LogP contribution in [0.5, 0.6) is 0 Å². The lowest BCUT2D eigenvalue weighted by atomic mass is 10.1. The van der Waals surface area contributed by atoms with E-state index in [-0.39, 0.29) is 12.3 Å². The van der Waals surface area contributed by atoms with E-state index in [0.717, 1.165) is 11.1 Å². The first kappa shape index (κ1) is 11.5. The third kappa shape index (κ3) is 2.47. The average molecular weight is 256 g/mol. The van der Waals surface area contributed by atoms with Gasteiger partial charge in [0.05, 0.1) is 25.0 Å². The minimum atomic E-state index is -0.103. The number of aromatic nitrogens is 3. The van der Waals surface area contributed by atoms with Crippen molar-refractivity contribution in [2.24, 2.45) is 0 Å². The maximum Gasteiger partial charge on any atom is 0.226 e. The standard InChI is InChI=1S/C13H12N4O2/c18-13(15-7-9-6-14-8-16-9)5-11-10-3-1-2-4-12(10)19-17-11/h1-4,6,8H,5,7H2,(H,14,16)(H,15,18). The van der Waals surface area contributed by atoms with Crippen LogP contribution in [0.4, 0.5) is 0 Å². The molecule has 0 fully saturated rings. The van der Waals surface area contributed by atoms with Gasteiger partial charge in [0.25, 0.3) is 0 Å². The van der Waals surface area contributed by atoms with E-state index in [2.05, 4.69) is 20.4 Å². The van der Waals surface area contributed by atoms with Gasteiger partial charge in [-0.15, -0.1) is 0 Å². The third-order valence-corrected chi connectivity index (χ3v) is 2.81. The topological polar surface area (TPSA) is 83.8 Å². The Bertz CT molecular complexity index is 688. The Kier molecular flexibility index (Phi) is 2.97. The van der Waals surface area contributed by atoms with Crippen molar-refractivity contribution in [2.45, 2.75) is 13.0 Å². The molecule has 0 unspecified atom stereocenters. The number of fused-ring (bicyclic) bond motifs is 1. The highest BCUT2D eigenvalue weighted by Crippen LogP contribution is 2.17. The van der Waals surface area contributed by atoms with Crippen LogP contribution in [0.15, 0.2) is 41.3 Å². The molecule has 0 spiro atoms. The fraction of sp³-hybridized carbons (Fsp3) is 0.154. The minimum absolute atomic E-state index is 0.103. The van der Waals surface area contributed by atoms with E-state index in [1.165, 1.54) is 0 Å². The van der Waals surface area contributed by atoms with Crippen LogP contribution < -0.4 is 5.32 Å². The molecule has 2 N–H and O–H groups in total. The van der Waals surface area contributed by atoms with Gasteiger partial charge in [0.2, 0.25) is 5.91 Å². The van der Waals surface area contributed by atoms with Crippen molar-refractivity contribution >= 4 is 16.9 Å². The molecule has 19 heavy (non-hydrogen) atoms. The van der Waals surface area contributed by atoms with E-state index >= 15 is 0 Å². The van der Waals surface area contributed by atoms with E-state index in [9.17, 15) is 4.79 Å². The van der Waals surface area contributed by atoms with E-state index in [4.69, 9.17) is 4.52 Å². The van der Waals surface area contributed by atoms with Gasteiger partial charge in [0.1, 0.15) is 5.69 Å². The molecular weight excluding hydrogens is 244 g/mol. The van der Waals surface area contributed by atoms with Crippen molar-refractivity contribution in [1.29, 1.82) is 0 Å². The Balaban J connectivity index is 1.66. The summed E-state index contributed by atoms with van der Waals surface area (Å²) in [4.78, 5) is 18.6. The highest BCUT2D eigenvalue weighted by molar-refractivity contribution is 5.86. The number of carbonyl (C=O) groups excluding carboxylic acids is 1. The summed E-state index contributed by atoms with van der Waals surface area (Å²) in [6.45, 7) is 0.425. The molecule has 6 nitrogen and oxygen atoms in total. The van der Waals surface area contributed by atoms with E-state index in [1.54, 1.807) is 12.5 Å². The van der Waals surface area contributed by atoms with Crippen LogP contribution in [-0.4, -0.2) is 21.0 Å². The molecule has 0 aliphatic rings. The Morgan fingerprint density at radius 3 is 3.11 bits per heavy atom. The monoisotopic (exact) mass is 256 g/mol. The number of nitrogens with one attached hydrogen (secondary N) is 2. The zero-order valence-corrected chi connectivity index (χ0v) is 10.1. The number of rotatable bonds is 4. The quantitative estimate of drug-likeness (QED) is 0.739. The van der Waals surface area contributed by atoms with Crippen molar-refractivity contribution in [3.05, 3.63) is 48.2 Å². The van der Waals surface area contributed by atoms with Crippen molar-refractivity contribution in [3.63, 3.8) is 0 Å². The zero-order chi connectivity index (χ0) is 13.1. The first-order valence-corrected chi connectivity index (χ1v) is 5.90. The number of carbonyl (C=O) groups is 1. The number of imidazole rings is 1. The van der Waals surface area contributed by atoms with Gasteiger partial charge < -0.3 is 14.8 Å². The molecule has 0 radical (unpaired) electrons. The van der Waals surface area contributed by atoms with E-state index in [1.807, 2.05) is 24.3 Å². The van der Waals surface area contributed by atoms with Gasteiger partial charge in [-0.1, -0.05) is 17.3 Å². The highest BCUT2D eigenvalue weighted by atomic mass is 16.5. The van der Waals surface area contributed by atoms with Crippen molar-refractivity contribution in [1.82, 2.24) is 20.4 Å². The van der Waals surface area contributed by atoms with Crippen molar-refractivity contribution in [2.75, 3.05) is 0 Å². The van der Waals surface area contributed by atoms with Crippen LogP contribution in [0.25, 0.3) is 11.0 Å². The number of para-hydroxylation sites is 1. The molecule has 0 saturated carbocycles. The number of hydrogen-bond donors (Lipinski definition) is 2. The smallest absolute Gasteiger partial charge is 0.226 e. The van der Waals surface area contributed by atoms with Crippen LogP contribution in [0.2, 0.25) is 0 Å². The Labute approximate surface area is 108 Å². The minimum Gasteiger partial charge on any atom is -0.356 e. The highest BCUT2D eigenvalue weighted by Gasteiger charge is 2.11. The summed E-state index contributed by atoms with van der Waals surface area (Å²) in [5, 5.41) is 7.59. The van der Waals surface area contributed by atoms with E-state index < -0.39 is 0 Å². The van der Waals surface area contributed by atoms with Gasteiger partial charge in [-0.25, -0.2) is 4.98 Å². The largest absolute Gasteiger partial charge is 0.356 e. The summed E-state index contributed by atoms with van der Waals surface area (Å²) >= 11 is 0. The summed E-state index contributed by atoms with van der Waals surface area (Å²) in [7, 11) is 0. The molecule has 0 saturated heterocycles. The zero-order valence-electron chi connectivity index (χ0n) is 10.1. The predicted octanol–water partition coefficient (Wildman–Crippen LogP) is 1.41. The SMILES string of the molecule is O=C(Cc1noc2ccccc12)NCc1cnc[nH]1. The molecule has 6 heteroatoms. The van der Waals surface area contributed by atoms with Crippen LogP contribution >= 0.6 is 0 Å². The maximum atomic E-state index is 11.8. The molecule has 1 amide bonds. The molecule has 0 aliphatic heterocycles. The van der Waals surface area contributed by atoms with Gasteiger partial charge >= 0.3 is 0 Å². The number of amides is 1. The van der Waals surface area contributed by atoms with Gasteiger partial charge in [-0.3, -0.25) is 4.79 Å². The second-order valence-electron chi connectivity index (χ2n) is 4.16. The lowest BCUT2D eigenvalue weighted by molar-refractivity contribution is -0.120. The molecule has 0 aliphatic carbocycles. The summed E-state index contributed by atoms with van der Waals surface area (Å²) in [6.07, 6.45) is 3.45. The maximum absolute atomic E-state index is 11.8. The van der Waals surface area contributed by atoms with Gasteiger partial charge in [-0.2, -0.15) is 0 Å². The van der Waals surface area contributed by atoms with Gasteiger partial charge in [0, 0.05) is 11.6 Å². The molecule has 0 bridgehead atoms. The summed E-state index contributed by atoms with van der Waals surface area (Å²) < 4.78 is 5.15. The van der Waals surface area contributed by atoms with Crippen molar-refractivity contribution in [3.8, 4) is 0 Å². The van der Waals surface area contributed by atoms with Gasteiger partial charge in [0.15, 0.2) is 5.58 Å². The number of benzene rings is 1. The van der Waals surface area contributed by atoms with Crippen LogP contribution in [0, 0.1) is 0 Å². The molecule has 2 heterocycles. The van der Waals surface area contributed by atoms with Crippen molar-refractivity contribution < 1.29 is 9.32 Å². The summed E-state index contributed by atoms with van der Waals surface area (Å²) in [5.74, 6) is -0.103. The van der Waals surface area contributed by atoms with Crippen LogP contribution in [-0.2, 0) is 17.8 Å². The second-order valence-corrected chi connectivity index (χ2v) is 4.16. The molecule has 3 aromatic rings. The molecule has 1 aromatic carbocycles. The second kappa shape index (κ2) is 4.93. The fourth-order valence-electron chi connectivity index (χ4n) is 1.86. The molecular formula is C13H12N4O2.